The van der Waals surface area contributed by atoms with Crippen LogP contribution < -0.4 is 21.7 Å². The number of rotatable bonds is 18. The monoisotopic (exact) mass is 603 g/mol. The summed E-state index contributed by atoms with van der Waals surface area (Å²) >= 11 is 1.38. The second-order valence-corrected chi connectivity index (χ2v) is 12.1. The lowest BCUT2D eigenvalue weighted by molar-refractivity contribution is -0.138. The predicted molar refractivity (Wildman–Crippen MR) is 164 cm³/mol. The van der Waals surface area contributed by atoms with E-state index >= 15 is 0 Å². The molecule has 1 aliphatic rings. The number of aryl methyl sites for hydroxylation is 1. The number of carbonyl (C=O) groups is 6. The maximum atomic E-state index is 13.4. The Kier molecular flexibility index (Phi) is 14.5. The van der Waals surface area contributed by atoms with Gasteiger partial charge in [-0.25, -0.2) is 4.79 Å². The Bertz CT molecular complexity index is 1110. The molecule has 0 aliphatic carbocycles. The molecule has 5 N–H and O–H groups in total. The zero-order valence-corrected chi connectivity index (χ0v) is 25.9. The summed E-state index contributed by atoms with van der Waals surface area (Å²) in [4.78, 5) is 75.8. The summed E-state index contributed by atoms with van der Waals surface area (Å²) in [5.74, 6) is -1.93. The number of likely N-dealkylation sites (tertiary alicyclic amines) is 1. The molecule has 0 aromatic heterocycles. The van der Waals surface area contributed by atoms with Crippen molar-refractivity contribution in [2.24, 2.45) is 17.6 Å². The maximum Gasteiger partial charge on any atom is 0.312 e. The normalized spacial score (nSPS) is 16.3. The van der Waals surface area contributed by atoms with Crippen LogP contribution in [0.1, 0.15) is 70.8 Å². The number of nitrogens with zero attached hydrogens (tertiary/aromatic N) is 1. The summed E-state index contributed by atoms with van der Waals surface area (Å²) in [7, 11) is 0. The van der Waals surface area contributed by atoms with Crippen molar-refractivity contribution in [2.75, 3.05) is 24.7 Å². The zero-order valence-electron chi connectivity index (χ0n) is 25.1. The van der Waals surface area contributed by atoms with E-state index in [1.54, 1.807) is 12.1 Å². The molecule has 42 heavy (non-hydrogen) atoms. The molecule has 1 aliphatic heterocycles. The molecule has 232 valence electrons. The largest absolute Gasteiger partial charge is 0.352 e. The minimum atomic E-state index is -0.751. The predicted octanol–water partition coefficient (Wildman–Crippen LogP) is 3.15. The topological polar surface area (TPSA) is 168 Å². The van der Waals surface area contributed by atoms with E-state index in [1.807, 2.05) is 39.2 Å². The smallest absolute Gasteiger partial charge is 0.312 e. The van der Waals surface area contributed by atoms with Crippen LogP contribution in [0.3, 0.4) is 0 Å². The van der Waals surface area contributed by atoms with E-state index in [4.69, 9.17) is 5.73 Å². The number of anilines is 1. The summed E-state index contributed by atoms with van der Waals surface area (Å²) in [5.41, 5.74) is 6.80. The first-order valence-electron chi connectivity index (χ1n) is 14.5. The first-order chi connectivity index (χ1) is 19.9. The number of amides is 6. The number of primary amides is 1. The van der Waals surface area contributed by atoms with E-state index in [2.05, 4.69) is 16.0 Å². The molecule has 2 rings (SSSR count). The first-order valence-corrected chi connectivity index (χ1v) is 15.8. The molecule has 0 spiro atoms. The fourth-order valence-electron chi connectivity index (χ4n) is 4.81. The van der Waals surface area contributed by atoms with E-state index in [0.29, 0.717) is 44.3 Å². The SMILES string of the molecule is CSC1CC(=O)N(CCCCCC(=O)NC(C(=O)C[C@@H](CCCNC(N)=O)C(=O)Nc2ccc(C)cc2)C(C)C)C1=O. The summed E-state index contributed by atoms with van der Waals surface area (Å²) in [5, 5.41) is 7.91. The lowest BCUT2D eigenvalue weighted by Crippen LogP contribution is -2.45. The molecular formula is C30H45N5O6S. The van der Waals surface area contributed by atoms with Crippen LogP contribution in [0.4, 0.5) is 10.5 Å². The molecule has 0 radical (unpaired) electrons. The third kappa shape index (κ3) is 11.5. The molecule has 1 fully saturated rings. The van der Waals surface area contributed by atoms with Crippen molar-refractivity contribution in [2.45, 2.75) is 83.4 Å². The van der Waals surface area contributed by atoms with Gasteiger partial charge < -0.3 is 21.7 Å². The van der Waals surface area contributed by atoms with Crippen molar-refractivity contribution in [1.82, 2.24) is 15.5 Å². The van der Waals surface area contributed by atoms with Crippen LogP contribution in [0, 0.1) is 18.8 Å². The van der Waals surface area contributed by atoms with E-state index in [1.165, 1.54) is 16.7 Å². The van der Waals surface area contributed by atoms with Gasteiger partial charge in [0.2, 0.25) is 23.6 Å². The maximum absolute atomic E-state index is 13.4. The Morgan fingerprint density at radius 2 is 1.74 bits per heavy atom. The van der Waals surface area contributed by atoms with E-state index in [-0.39, 0.29) is 66.4 Å². The van der Waals surface area contributed by atoms with Crippen molar-refractivity contribution < 1.29 is 28.8 Å². The molecule has 1 aromatic carbocycles. The average molecular weight is 604 g/mol. The van der Waals surface area contributed by atoms with Gasteiger partial charge >= 0.3 is 6.03 Å². The molecule has 11 nitrogen and oxygen atoms in total. The highest BCUT2D eigenvalue weighted by Crippen LogP contribution is 2.23. The molecule has 1 aromatic rings. The van der Waals surface area contributed by atoms with Crippen LogP contribution in [0.15, 0.2) is 24.3 Å². The fourth-order valence-corrected chi connectivity index (χ4v) is 5.44. The molecule has 0 saturated carbocycles. The molecule has 0 bridgehead atoms. The highest BCUT2D eigenvalue weighted by Gasteiger charge is 2.37. The summed E-state index contributed by atoms with van der Waals surface area (Å²) in [6.45, 7) is 6.25. The van der Waals surface area contributed by atoms with Gasteiger partial charge in [-0.1, -0.05) is 38.0 Å². The van der Waals surface area contributed by atoms with Crippen molar-refractivity contribution in [3.05, 3.63) is 29.8 Å². The van der Waals surface area contributed by atoms with E-state index < -0.39 is 18.0 Å². The van der Waals surface area contributed by atoms with Crippen LogP contribution >= 0.6 is 11.8 Å². The molecule has 3 atom stereocenters. The van der Waals surface area contributed by atoms with Gasteiger partial charge in [-0.15, -0.1) is 0 Å². The molecule has 6 amide bonds. The Balaban J connectivity index is 1.89. The van der Waals surface area contributed by atoms with Gasteiger partial charge in [0, 0.05) is 44.0 Å². The number of nitrogens with one attached hydrogen (secondary N) is 3. The number of carbonyl (C=O) groups excluding carboxylic acids is 6. The second-order valence-electron chi connectivity index (χ2n) is 11.1. The fraction of sp³-hybridized carbons (Fsp3) is 0.600. The van der Waals surface area contributed by atoms with Gasteiger partial charge in [0.15, 0.2) is 5.78 Å². The first kappa shape index (κ1) is 34.8. The average Bonchev–Trinajstić information content (AvgIpc) is 3.21. The standard InChI is InChI=1S/C30H45N5O6S/c1-19(2)27(34-25(37)10-6-5-7-16-35-26(38)18-24(42-4)29(35)40)23(36)17-21(9-8-15-32-30(31)41)28(39)33-22-13-11-20(3)12-14-22/h11-14,19,21,24,27H,5-10,15-18H2,1-4H3,(H,33,39)(H,34,37)(H3,31,32,41)/t21-,24?,27?/m1/s1. The van der Waals surface area contributed by atoms with Gasteiger partial charge in [0.1, 0.15) is 0 Å². The van der Waals surface area contributed by atoms with Gasteiger partial charge in [-0.05, 0) is 56.9 Å². The number of benzene rings is 1. The van der Waals surface area contributed by atoms with Crippen molar-refractivity contribution in [1.29, 1.82) is 0 Å². The van der Waals surface area contributed by atoms with E-state index in [0.717, 1.165) is 5.56 Å². The lowest BCUT2D eigenvalue weighted by atomic mass is 9.89. The molecular weight excluding hydrogens is 558 g/mol. The zero-order chi connectivity index (χ0) is 31.2. The number of thioether (sulfide) groups is 1. The molecule has 12 heteroatoms. The third-order valence-corrected chi connectivity index (χ3v) is 8.21. The highest BCUT2D eigenvalue weighted by atomic mass is 32.2. The van der Waals surface area contributed by atoms with Crippen molar-refractivity contribution in [3.63, 3.8) is 0 Å². The minimum absolute atomic E-state index is 0.0632. The highest BCUT2D eigenvalue weighted by molar-refractivity contribution is 8.00. The van der Waals surface area contributed by atoms with Crippen LogP contribution in [0.2, 0.25) is 0 Å². The minimum Gasteiger partial charge on any atom is -0.352 e. The number of hydrogen-bond acceptors (Lipinski definition) is 7. The number of nitrogens with two attached hydrogens (primary N) is 1. The Morgan fingerprint density at radius 3 is 2.33 bits per heavy atom. The number of hydrogen-bond donors (Lipinski definition) is 4. The molecule has 1 heterocycles. The van der Waals surface area contributed by atoms with Crippen LogP contribution in [0.25, 0.3) is 0 Å². The quantitative estimate of drug-likeness (QED) is 0.148. The number of Topliss-reactive ketones (excluding diaryl/α,β-unsaturated/α-hetero) is 1. The molecule has 2 unspecified atom stereocenters. The second kappa shape index (κ2) is 17.5. The van der Waals surface area contributed by atoms with Gasteiger partial charge in [0.05, 0.1) is 11.3 Å². The summed E-state index contributed by atoms with van der Waals surface area (Å²) < 4.78 is 0. The van der Waals surface area contributed by atoms with Crippen molar-refractivity contribution >= 4 is 52.9 Å². The Hall–Kier alpha value is -3.41. The van der Waals surface area contributed by atoms with Gasteiger partial charge in [-0.2, -0.15) is 11.8 Å². The lowest BCUT2D eigenvalue weighted by Gasteiger charge is -2.24. The Labute approximate surface area is 252 Å². The summed E-state index contributed by atoms with van der Waals surface area (Å²) in [6.07, 6.45) is 4.84. The number of imide groups is 1. The summed E-state index contributed by atoms with van der Waals surface area (Å²) in [6, 6.07) is 5.93. The van der Waals surface area contributed by atoms with Crippen molar-refractivity contribution in [3.8, 4) is 0 Å². The van der Waals surface area contributed by atoms with Crippen LogP contribution in [0.5, 0.6) is 0 Å². The van der Waals surface area contributed by atoms with Gasteiger partial charge in [0.25, 0.3) is 0 Å². The molecule has 1 saturated heterocycles. The van der Waals surface area contributed by atoms with E-state index in [9.17, 15) is 28.8 Å². The number of urea groups is 1. The number of unbranched alkanes of at least 4 members (excludes halogenated alkanes) is 2. The van der Waals surface area contributed by atoms with Gasteiger partial charge in [-0.3, -0.25) is 28.9 Å². The van der Waals surface area contributed by atoms with Crippen LogP contribution in [-0.4, -0.2) is 71.0 Å². The Morgan fingerprint density at radius 1 is 1.05 bits per heavy atom. The number of ketones is 1. The van der Waals surface area contributed by atoms with Crippen LogP contribution in [-0.2, 0) is 24.0 Å². The third-order valence-electron chi connectivity index (χ3n) is 7.27.